The zero-order valence-corrected chi connectivity index (χ0v) is 11.7. The highest BCUT2D eigenvalue weighted by molar-refractivity contribution is 6.01. The number of ether oxygens (including phenoxy) is 2. The second kappa shape index (κ2) is 7.83. The molecule has 0 fully saturated rings. The number of hydrazone groups is 1. The summed E-state index contributed by atoms with van der Waals surface area (Å²) in [4.78, 5) is 10.7. The van der Waals surface area contributed by atoms with Gasteiger partial charge in [0.25, 0.3) is 0 Å². The molecule has 0 saturated carbocycles. The van der Waals surface area contributed by atoms with Gasteiger partial charge in [-0.2, -0.15) is 5.10 Å². The van der Waals surface area contributed by atoms with Crippen LogP contribution in [0.4, 0.5) is 4.79 Å². The normalized spacial score (nSPS) is 10.8. The summed E-state index contributed by atoms with van der Waals surface area (Å²) in [5, 5.41) is 3.96. The summed E-state index contributed by atoms with van der Waals surface area (Å²) in [7, 11) is 1.56. The number of amides is 2. The first-order chi connectivity index (χ1) is 9.62. The summed E-state index contributed by atoms with van der Waals surface area (Å²) in [6.07, 6.45) is 2.29. The summed E-state index contributed by atoms with van der Waals surface area (Å²) < 4.78 is 10.7. The van der Waals surface area contributed by atoms with Crippen molar-refractivity contribution in [2.24, 2.45) is 10.8 Å². The van der Waals surface area contributed by atoms with Gasteiger partial charge in [0.15, 0.2) is 11.5 Å². The standard InChI is InChI=1S/C14H19N3O3/c1-4-8-20-12-7-6-10(9-13(12)19-3)11(5-2)16-17-14(15)18/h4,6-7,9H,1,5,8H2,2-3H3,(H3,15,17,18). The highest BCUT2D eigenvalue weighted by atomic mass is 16.5. The lowest BCUT2D eigenvalue weighted by molar-refractivity contribution is 0.249. The smallest absolute Gasteiger partial charge is 0.332 e. The molecule has 20 heavy (non-hydrogen) atoms. The molecule has 2 amide bonds. The third kappa shape index (κ3) is 4.31. The fraction of sp³-hybridized carbons (Fsp3) is 0.286. The zero-order chi connectivity index (χ0) is 15.0. The van der Waals surface area contributed by atoms with E-state index in [9.17, 15) is 4.79 Å². The molecule has 0 heterocycles. The maximum absolute atomic E-state index is 10.7. The molecule has 6 nitrogen and oxygen atoms in total. The van der Waals surface area contributed by atoms with Gasteiger partial charge in [-0.05, 0) is 24.6 Å². The first-order valence-corrected chi connectivity index (χ1v) is 6.16. The van der Waals surface area contributed by atoms with E-state index in [0.717, 1.165) is 5.56 Å². The van der Waals surface area contributed by atoms with Crippen LogP contribution in [0.1, 0.15) is 18.9 Å². The maximum atomic E-state index is 10.7. The largest absolute Gasteiger partial charge is 0.493 e. The van der Waals surface area contributed by atoms with Gasteiger partial charge in [0.2, 0.25) is 0 Å². The Morgan fingerprint density at radius 1 is 1.50 bits per heavy atom. The van der Waals surface area contributed by atoms with Crippen molar-refractivity contribution in [3.8, 4) is 11.5 Å². The Morgan fingerprint density at radius 2 is 2.25 bits per heavy atom. The van der Waals surface area contributed by atoms with E-state index in [1.807, 2.05) is 13.0 Å². The number of carbonyl (C=O) groups is 1. The molecule has 0 aromatic heterocycles. The number of nitrogens with two attached hydrogens (primary N) is 1. The van der Waals surface area contributed by atoms with Gasteiger partial charge in [0, 0.05) is 5.56 Å². The van der Waals surface area contributed by atoms with Gasteiger partial charge in [-0.1, -0.05) is 19.6 Å². The van der Waals surface area contributed by atoms with Crippen molar-refractivity contribution in [3.05, 3.63) is 36.4 Å². The summed E-state index contributed by atoms with van der Waals surface area (Å²) in [5.74, 6) is 1.21. The molecule has 1 rings (SSSR count). The molecule has 0 aliphatic heterocycles. The van der Waals surface area contributed by atoms with Gasteiger partial charge in [0.05, 0.1) is 12.8 Å². The SMILES string of the molecule is C=CCOc1ccc(C(CC)=NNC(N)=O)cc1OC. The van der Waals surface area contributed by atoms with Crippen LogP contribution < -0.4 is 20.6 Å². The maximum Gasteiger partial charge on any atom is 0.332 e. The summed E-state index contributed by atoms with van der Waals surface area (Å²) >= 11 is 0. The molecule has 0 radical (unpaired) electrons. The van der Waals surface area contributed by atoms with Crippen molar-refractivity contribution in [2.75, 3.05) is 13.7 Å². The molecule has 1 aromatic rings. The summed E-state index contributed by atoms with van der Waals surface area (Å²) in [6, 6.07) is 4.72. The lowest BCUT2D eigenvalue weighted by atomic mass is 10.1. The van der Waals surface area contributed by atoms with E-state index in [2.05, 4.69) is 17.1 Å². The predicted octanol–water partition coefficient (Wildman–Crippen LogP) is 2.04. The molecule has 1 aromatic carbocycles. The third-order valence-electron chi connectivity index (χ3n) is 2.49. The number of benzene rings is 1. The van der Waals surface area contributed by atoms with E-state index < -0.39 is 6.03 Å². The lowest BCUT2D eigenvalue weighted by Gasteiger charge is -2.11. The Morgan fingerprint density at radius 3 is 2.80 bits per heavy atom. The molecular weight excluding hydrogens is 258 g/mol. The quantitative estimate of drug-likeness (QED) is 0.454. The molecule has 0 atom stereocenters. The van der Waals surface area contributed by atoms with Crippen LogP contribution in [-0.4, -0.2) is 25.5 Å². The van der Waals surface area contributed by atoms with Crippen molar-refractivity contribution in [1.29, 1.82) is 0 Å². The fourth-order valence-electron chi connectivity index (χ4n) is 1.59. The number of hydrogen-bond donors (Lipinski definition) is 2. The van der Waals surface area contributed by atoms with Gasteiger partial charge in [-0.25, -0.2) is 10.2 Å². The van der Waals surface area contributed by atoms with Gasteiger partial charge >= 0.3 is 6.03 Å². The van der Waals surface area contributed by atoms with Crippen LogP contribution in [-0.2, 0) is 0 Å². The number of nitrogens with zero attached hydrogens (tertiary/aromatic N) is 1. The monoisotopic (exact) mass is 277 g/mol. The number of urea groups is 1. The Hall–Kier alpha value is -2.50. The van der Waals surface area contributed by atoms with Crippen LogP contribution in [0.25, 0.3) is 0 Å². The zero-order valence-electron chi connectivity index (χ0n) is 11.7. The van der Waals surface area contributed by atoms with E-state index in [0.29, 0.717) is 30.2 Å². The highest BCUT2D eigenvalue weighted by Crippen LogP contribution is 2.28. The molecule has 6 heteroatoms. The number of primary amides is 1. The minimum Gasteiger partial charge on any atom is -0.493 e. The average Bonchev–Trinajstić information content (AvgIpc) is 2.45. The Labute approximate surface area is 118 Å². The van der Waals surface area contributed by atoms with Crippen molar-refractivity contribution in [3.63, 3.8) is 0 Å². The molecule has 0 spiro atoms. The predicted molar refractivity (Wildman–Crippen MR) is 78.2 cm³/mol. The molecule has 0 aliphatic rings. The van der Waals surface area contributed by atoms with Crippen LogP contribution in [0.15, 0.2) is 36.0 Å². The third-order valence-corrected chi connectivity index (χ3v) is 2.49. The van der Waals surface area contributed by atoms with E-state index in [1.54, 1.807) is 25.3 Å². The van der Waals surface area contributed by atoms with Crippen molar-refractivity contribution < 1.29 is 14.3 Å². The van der Waals surface area contributed by atoms with E-state index in [-0.39, 0.29) is 0 Å². The first kappa shape index (κ1) is 15.6. The molecule has 0 unspecified atom stereocenters. The Bertz CT molecular complexity index is 512. The topological polar surface area (TPSA) is 85.9 Å². The molecule has 108 valence electrons. The first-order valence-electron chi connectivity index (χ1n) is 6.16. The number of hydrogen-bond acceptors (Lipinski definition) is 4. The van der Waals surface area contributed by atoms with Gasteiger partial charge in [0.1, 0.15) is 6.61 Å². The van der Waals surface area contributed by atoms with Crippen LogP contribution in [0.3, 0.4) is 0 Å². The van der Waals surface area contributed by atoms with Crippen LogP contribution in [0.2, 0.25) is 0 Å². The minimum atomic E-state index is -0.700. The Kier molecular flexibility index (Phi) is 6.09. The molecule has 0 bridgehead atoms. The van der Waals surface area contributed by atoms with Gasteiger partial charge in [-0.15, -0.1) is 0 Å². The fourth-order valence-corrected chi connectivity index (χ4v) is 1.59. The number of carbonyl (C=O) groups excluding carboxylic acids is 1. The van der Waals surface area contributed by atoms with Gasteiger partial charge in [-0.3, -0.25) is 0 Å². The van der Waals surface area contributed by atoms with Crippen molar-refractivity contribution >= 4 is 11.7 Å². The van der Waals surface area contributed by atoms with Crippen LogP contribution >= 0.6 is 0 Å². The van der Waals surface area contributed by atoms with Crippen molar-refractivity contribution in [1.82, 2.24) is 5.43 Å². The molecule has 0 aliphatic carbocycles. The van der Waals surface area contributed by atoms with Crippen LogP contribution in [0.5, 0.6) is 11.5 Å². The van der Waals surface area contributed by atoms with Gasteiger partial charge < -0.3 is 15.2 Å². The second-order valence-electron chi connectivity index (χ2n) is 3.85. The average molecular weight is 277 g/mol. The molecule has 3 N–H and O–H groups in total. The van der Waals surface area contributed by atoms with Crippen molar-refractivity contribution in [2.45, 2.75) is 13.3 Å². The second-order valence-corrected chi connectivity index (χ2v) is 3.85. The van der Waals surface area contributed by atoms with Crippen LogP contribution in [0, 0.1) is 0 Å². The molecular formula is C14H19N3O3. The minimum absolute atomic E-state index is 0.396. The Balaban J connectivity index is 3.03. The van der Waals surface area contributed by atoms with E-state index in [4.69, 9.17) is 15.2 Å². The highest BCUT2D eigenvalue weighted by Gasteiger charge is 2.09. The van der Waals surface area contributed by atoms with E-state index in [1.165, 1.54) is 0 Å². The summed E-state index contributed by atoms with van der Waals surface area (Å²) in [6.45, 7) is 5.92. The lowest BCUT2D eigenvalue weighted by Crippen LogP contribution is -2.25. The molecule has 0 saturated heterocycles. The number of nitrogens with one attached hydrogen (secondary N) is 1. The number of methoxy groups -OCH3 is 1. The summed E-state index contributed by atoms with van der Waals surface area (Å²) in [5.41, 5.74) is 8.74. The van der Waals surface area contributed by atoms with E-state index >= 15 is 0 Å². The number of rotatable bonds is 7.